The number of primary amides is 1. The first-order valence-corrected chi connectivity index (χ1v) is 21.6. The van der Waals surface area contributed by atoms with Crippen LogP contribution >= 0.6 is 0 Å². The Labute approximate surface area is 342 Å². The molecule has 6 N–H and O–H groups in total. The Hall–Kier alpha value is -6.57. The highest BCUT2D eigenvalue weighted by atomic mass is 32.2. The number of aryl methyl sites for hydroxylation is 1. The Bertz CT molecular complexity index is 3000. The van der Waals surface area contributed by atoms with Gasteiger partial charge in [0.1, 0.15) is 27.7 Å². The SMILES string of the molecule is C=Cc1nc2c(C(N)=O)c(C)c(N=Nc3cc(C)c(N=Nc4ccc(N=Nc5ccc(S(=O)(=O)O)cc5)cc4S(=O)(=O)O)cc3OCCCS(=O)(=O)O)c(O)n2c1/C=C\C. The number of hydrogen-bond acceptors (Lipinski definition) is 16. The highest BCUT2D eigenvalue weighted by Gasteiger charge is 2.25. The van der Waals surface area contributed by atoms with Crippen molar-refractivity contribution in [2.45, 2.75) is 37.0 Å². The van der Waals surface area contributed by atoms with Crippen LogP contribution in [0.25, 0.3) is 17.8 Å². The lowest BCUT2D eigenvalue weighted by Gasteiger charge is -2.13. The summed E-state index contributed by atoms with van der Waals surface area (Å²) in [4.78, 5) is 16.0. The van der Waals surface area contributed by atoms with Crippen molar-refractivity contribution >= 4 is 88.2 Å². The van der Waals surface area contributed by atoms with Crippen molar-refractivity contribution in [3.63, 3.8) is 0 Å². The molecule has 0 aliphatic rings. The maximum Gasteiger partial charge on any atom is 0.296 e. The second-order valence-corrected chi connectivity index (χ2v) is 17.0. The number of hydrogen-bond donors (Lipinski definition) is 5. The number of imidazole rings is 1. The Balaban J connectivity index is 1.55. The Kier molecular flexibility index (Phi) is 13.2. The average Bonchev–Trinajstić information content (AvgIpc) is 3.52. The maximum absolute atomic E-state index is 12.7. The molecule has 0 radical (unpaired) electrons. The first-order chi connectivity index (χ1) is 28.1. The normalized spacial score (nSPS) is 12.8. The van der Waals surface area contributed by atoms with E-state index >= 15 is 0 Å². The summed E-state index contributed by atoms with van der Waals surface area (Å²) in [6.07, 6.45) is 4.59. The number of nitrogens with two attached hydrogens (primary N) is 1. The van der Waals surface area contributed by atoms with Gasteiger partial charge in [-0.05, 0) is 99.0 Å². The third-order valence-corrected chi connectivity index (χ3v) is 10.9. The molecule has 0 saturated carbocycles. The number of carbonyl (C=O) groups excluding carboxylic acids is 1. The van der Waals surface area contributed by atoms with E-state index in [0.29, 0.717) is 17.0 Å². The molecule has 60 heavy (non-hydrogen) atoms. The second kappa shape index (κ2) is 17.7. The fourth-order valence-electron chi connectivity index (χ4n) is 5.53. The number of aromatic nitrogens is 2. The van der Waals surface area contributed by atoms with Crippen molar-refractivity contribution in [1.82, 2.24) is 9.38 Å². The fraction of sp³-hybridized carbons (Fsp3) is 0.167. The van der Waals surface area contributed by atoms with Gasteiger partial charge in [0.2, 0.25) is 5.88 Å². The molecule has 3 aromatic carbocycles. The average molecular weight is 882 g/mol. The third kappa shape index (κ3) is 10.3. The number of ether oxygens (including phenoxy) is 1. The molecule has 1 amide bonds. The van der Waals surface area contributed by atoms with E-state index < -0.39 is 52.8 Å². The van der Waals surface area contributed by atoms with Crippen LogP contribution in [-0.4, -0.2) is 71.7 Å². The van der Waals surface area contributed by atoms with Crippen LogP contribution in [0.2, 0.25) is 0 Å². The van der Waals surface area contributed by atoms with Gasteiger partial charge in [-0.25, -0.2) is 4.98 Å². The molecule has 24 heteroatoms. The van der Waals surface area contributed by atoms with E-state index in [-0.39, 0.29) is 74.6 Å². The number of rotatable bonds is 16. The lowest BCUT2D eigenvalue weighted by molar-refractivity contribution is 0.100. The van der Waals surface area contributed by atoms with Gasteiger partial charge in [-0.3, -0.25) is 22.9 Å². The molecule has 0 bridgehead atoms. The van der Waals surface area contributed by atoms with Crippen LogP contribution in [0.15, 0.2) is 108 Å². The lowest BCUT2D eigenvalue weighted by Crippen LogP contribution is -2.15. The van der Waals surface area contributed by atoms with Gasteiger partial charge in [0, 0.05) is 6.07 Å². The minimum atomic E-state index is -4.92. The number of carbonyl (C=O) groups is 1. The van der Waals surface area contributed by atoms with Gasteiger partial charge in [-0.2, -0.15) is 40.6 Å². The first kappa shape index (κ1) is 44.5. The van der Waals surface area contributed by atoms with Gasteiger partial charge < -0.3 is 15.6 Å². The van der Waals surface area contributed by atoms with Crippen LogP contribution in [0.4, 0.5) is 34.1 Å². The smallest absolute Gasteiger partial charge is 0.296 e. The molecule has 0 fully saturated rings. The number of benzene rings is 3. The molecule has 5 aromatic rings. The molecule has 0 spiro atoms. The van der Waals surface area contributed by atoms with Gasteiger partial charge in [0.25, 0.3) is 36.3 Å². The van der Waals surface area contributed by atoms with Gasteiger partial charge in [0.15, 0.2) is 5.65 Å². The summed E-state index contributed by atoms with van der Waals surface area (Å²) in [5.74, 6) is -1.99. The number of aromatic hydroxyl groups is 1. The van der Waals surface area contributed by atoms with Gasteiger partial charge in [-0.1, -0.05) is 12.7 Å². The second-order valence-electron chi connectivity index (χ2n) is 12.6. The first-order valence-electron chi connectivity index (χ1n) is 17.1. The Morgan fingerprint density at radius 2 is 1.48 bits per heavy atom. The molecular formula is C36H35N9O12S3. The maximum atomic E-state index is 12.7. The molecule has 0 aliphatic carbocycles. The predicted molar refractivity (Wildman–Crippen MR) is 218 cm³/mol. The summed E-state index contributed by atoms with van der Waals surface area (Å²) in [5.41, 5.74) is 6.66. The number of pyridine rings is 1. The van der Waals surface area contributed by atoms with Crippen LogP contribution in [-0.2, 0) is 30.4 Å². The zero-order valence-corrected chi connectivity index (χ0v) is 34.1. The zero-order valence-electron chi connectivity index (χ0n) is 31.7. The highest BCUT2D eigenvalue weighted by molar-refractivity contribution is 7.86. The topological polar surface area (TPSA) is 327 Å². The largest absolute Gasteiger partial charge is 0.493 e. The summed E-state index contributed by atoms with van der Waals surface area (Å²) < 4.78 is 105. The summed E-state index contributed by atoms with van der Waals surface area (Å²) in [6, 6.07) is 10.9. The number of allylic oxidation sites excluding steroid dienone is 1. The van der Waals surface area contributed by atoms with Crippen molar-refractivity contribution < 1.29 is 53.5 Å². The van der Waals surface area contributed by atoms with Gasteiger partial charge in [0.05, 0.1) is 51.3 Å². The number of amides is 1. The minimum Gasteiger partial charge on any atom is -0.493 e. The number of nitrogens with zero attached hydrogens (tertiary/aromatic N) is 8. The van der Waals surface area contributed by atoms with Crippen molar-refractivity contribution in [3.05, 3.63) is 95.3 Å². The molecule has 2 heterocycles. The van der Waals surface area contributed by atoms with E-state index in [9.17, 15) is 44.3 Å². The molecule has 21 nitrogen and oxygen atoms in total. The Morgan fingerprint density at radius 3 is 2.08 bits per heavy atom. The van der Waals surface area contributed by atoms with E-state index in [1.807, 2.05) is 0 Å². The Morgan fingerprint density at radius 1 is 0.850 bits per heavy atom. The van der Waals surface area contributed by atoms with Gasteiger partial charge >= 0.3 is 0 Å². The highest BCUT2D eigenvalue weighted by Crippen LogP contribution is 2.41. The molecule has 0 aliphatic heterocycles. The fourth-order valence-corrected chi connectivity index (χ4v) is 7.13. The molecule has 0 unspecified atom stereocenters. The van der Waals surface area contributed by atoms with Crippen molar-refractivity contribution in [2.24, 2.45) is 36.4 Å². The van der Waals surface area contributed by atoms with Crippen LogP contribution in [0.5, 0.6) is 11.6 Å². The van der Waals surface area contributed by atoms with Crippen LogP contribution < -0.4 is 10.5 Å². The van der Waals surface area contributed by atoms with E-state index in [4.69, 9.17) is 15.0 Å². The summed E-state index contributed by atoms with van der Waals surface area (Å²) >= 11 is 0. The monoisotopic (exact) mass is 881 g/mol. The van der Waals surface area contributed by atoms with E-state index in [0.717, 1.165) is 18.2 Å². The van der Waals surface area contributed by atoms with E-state index in [1.54, 1.807) is 26.0 Å². The number of azo groups is 3. The van der Waals surface area contributed by atoms with Crippen LogP contribution in [0.1, 0.15) is 46.2 Å². The molecule has 2 aromatic heterocycles. The van der Waals surface area contributed by atoms with Crippen molar-refractivity contribution in [3.8, 4) is 11.6 Å². The van der Waals surface area contributed by atoms with E-state index in [1.165, 1.54) is 53.8 Å². The third-order valence-electron chi connectivity index (χ3n) is 8.32. The molecule has 0 atom stereocenters. The predicted octanol–water partition coefficient (Wildman–Crippen LogP) is 7.83. The van der Waals surface area contributed by atoms with Crippen molar-refractivity contribution in [2.75, 3.05) is 12.4 Å². The van der Waals surface area contributed by atoms with Crippen LogP contribution in [0, 0.1) is 13.8 Å². The quantitative estimate of drug-likeness (QED) is 0.0359. The summed E-state index contributed by atoms with van der Waals surface area (Å²) in [5, 5.41) is 35.9. The van der Waals surface area contributed by atoms with Crippen LogP contribution in [0.3, 0.4) is 0 Å². The minimum absolute atomic E-state index is 0.0184. The molecule has 5 rings (SSSR count). The summed E-state index contributed by atoms with van der Waals surface area (Å²) in [6.45, 7) is 8.28. The zero-order chi connectivity index (χ0) is 44.2. The standard InChI is InChI=1S/C36H35N9O12S3/c1-5-8-29-25(6-2)38-35-32(34(37)46)21(4)33(36(47)45(29)35)44-43-28-17-20(3)27(19-30(28)57-15-7-16-58(48,49)50)42-41-26-14-11-23(18-31(26)60(54,55)56)40-39-22-9-12-24(13-10-22)59(51,52)53/h5-6,8-14,17-19,47H,2,7,15-16H2,1,3-4H3,(H2,37,46)(H,48,49,50)(H,51,52,53)(H,54,55,56)/b8-5-,40-39?,42-41?,44-43?. The number of fused-ring (bicyclic) bond motifs is 1. The lowest BCUT2D eigenvalue weighted by atomic mass is 10.1. The summed E-state index contributed by atoms with van der Waals surface area (Å²) in [7, 11) is -13.7. The van der Waals surface area contributed by atoms with Crippen molar-refractivity contribution in [1.29, 1.82) is 0 Å². The molecule has 0 saturated heterocycles. The van der Waals surface area contributed by atoms with Gasteiger partial charge in [-0.15, -0.1) is 15.3 Å². The molecule has 314 valence electrons. The molecular weight excluding hydrogens is 847 g/mol. The van der Waals surface area contributed by atoms with E-state index in [2.05, 4.69) is 42.2 Å².